The van der Waals surface area contributed by atoms with E-state index in [2.05, 4.69) is 18.2 Å². The van der Waals surface area contributed by atoms with Gasteiger partial charge in [0.1, 0.15) is 0 Å². The van der Waals surface area contributed by atoms with Crippen LogP contribution in [0.1, 0.15) is 19.8 Å². The van der Waals surface area contributed by atoms with Gasteiger partial charge in [0, 0.05) is 26.1 Å². The second-order valence-corrected chi connectivity index (χ2v) is 3.21. The Balaban J connectivity index is 1.99. The van der Waals surface area contributed by atoms with E-state index in [1.807, 2.05) is 0 Å². The number of terminal acetylenes is 1. The van der Waals surface area contributed by atoms with Gasteiger partial charge in [-0.2, -0.15) is 0 Å². The van der Waals surface area contributed by atoms with E-state index in [0.717, 1.165) is 32.5 Å². The maximum atomic E-state index is 5.61. The van der Waals surface area contributed by atoms with Gasteiger partial charge in [-0.3, -0.25) is 0 Å². The molecule has 2 nitrogen and oxygen atoms in total. The maximum absolute atomic E-state index is 5.61. The second-order valence-electron chi connectivity index (χ2n) is 3.21. The van der Waals surface area contributed by atoms with Crippen LogP contribution in [0, 0.1) is 12.3 Å². The van der Waals surface area contributed by atoms with Crippen LogP contribution in [0.15, 0.2) is 0 Å². The van der Waals surface area contributed by atoms with E-state index in [9.17, 15) is 0 Å². The van der Waals surface area contributed by atoms with Gasteiger partial charge in [0.05, 0.1) is 5.60 Å². The first-order chi connectivity index (χ1) is 5.27. The topological polar surface area (TPSA) is 21.3 Å². The van der Waals surface area contributed by atoms with Gasteiger partial charge in [-0.15, -0.1) is 12.3 Å². The Morgan fingerprint density at radius 2 is 2.36 bits per heavy atom. The van der Waals surface area contributed by atoms with E-state index in [-0.39, 0.29) is 5.60 Å². The van der Waals surface area contributed by atoms with Crippen molar-refractivity contribution in [2.24, 2.45) is 0 Å². The zero-order valence-corrected chi connectivity index (χ0v) is 7.02. The molecule has 62 valence electrons. The fourth-order valence-corrected chi connectivity index (χ4v) is 1.07. The van der Waals surface area contributed by atoms with Gasteiger partial charge in [0.2, 0.25) is 0 Å². The van der Waals surface area contributed by atoms with Gasteiger partial charge in [0.25, 0.3) is 0 Å². The van der Waals surface area contributed by atoms with Crippen molar-refractivity contribution in [1.82, 2.24) is 5.32 Å². The van der Waals surface area contributed by atoms with E-state index in [1.54, 1.807) is 0 Å². The molecule has 11 heavy (non-hydrogen) atoms. The average molecular weight is 153 g/mol. The zero-order valence-electron chi connectivity index (χ0n) is 7.02. The van der Waals surface area contributed by atoms with Crippen LogP contribution in [0.4, 0.5) is 0 Å². The summed E-state index contributed by atoms with van der Waals surface area (Å²) in [6.07, 6.45) is 6.91. The van der Waals surface area contributed by atoms with Gasteiger partial charge < -0.3 is 10.1 Å². The molecule has 1 aliphatic rings. The highest BCUT2D eigenvalue weighted by atomic mass is 16.5. The van der Waals surface area contributed by atoms with Crippen molar-refractivity contribution >= 4 is 0 Å². The van der Waals surface area contributed by atoms with E-state index in [1.165, 1.54) is 0 Å². The summed E-state index contributed by atoms with van der Waals surface area (Å²) in [5.41, 5.74) is 0.0919. The van der Waals surface area contributed by atoms with Crippen LogP contribution >= 0.6 is 0 Å². The third-order valence-corrected chi connectivity index (χ3v) is 1.91. The number of ether oxygens (including phenoxy) is 1. The number of rotatable bonds is 4. The molecule has 0 atom stereocenters. The van der Waals surface area contributed by atoms with Gasteiger partial charge in [-0.25, -0.2) is 0 Å². The van der Waals surface area contributed by atoms with Crippen molar-refractivity contribution in [2.45, 2.75) is 25.4 Å². The fourth-order valence-electron chi connectivity index (χ4n) is 1.07. The van der Waals surface area contributed by atoms with Gasteiger partial charge in [-0.1, -0.05) is 0 Å². The summed E-state index contributed by atoms with van der Waals surface area (Å²) in [5.74, 6) is 2.59. The molecule has 0 radical (unpaired) electrons. The molecule has 0 saturated carbocycles. The molecule has 0 aliphatic carbocycles. The van der Waals surface area contributed by atoms with Crippen molar-refractivity contribution < 1.29 is 4.74 Å². The Hall–Kier alpha value is -0.520. The van der Waals surface area contributed by atoms with Gasteiger partial charge >= 0.3 is 0 Å². The first-order valence-electron chi connectivity index (χ1n) is 4.05. The van der Waals surface area contributed by atoms with Crippen LogP contribution in [0.3, 0.4) is 0 Å². The molecular formula is C9H15NO. The van der Waals surface area contributed by atoms with Crippen LogP contribution in [-0.2, 0) is 4.74 Å². The van der Waals surface area contributed by atoms with E-state index in [0.29, 0.717) is 0 Å². The van der Waals surface area contributed by atoms with E-state index >= 15 is 0 Å². The number of hydrogen-bond acceptors (Lipinski definition) is 2. The molecule has 0 unspecified atom stereocenters. The highest BCUT2D eigenvalue weighted by molar-refractivity contribution is 4.90. The minimum Gasteiger partial charge on any atom is -0.373 e. The van der Waals surface area contributed by atoms with Crippen molar-refractivity contribution in [3.63, 3.8) is 0 Å². The minimum atomic E-state index is 0.0919. The van der Waals surface area contributed by atoms with E-state index < -0.39 is 0 Å². The smallest absolute Gasteiger partial charge is 0.0901 e. The molecule has 1 aliphatic heterocycles. The zero-order chi connectivity index (χ0) is 8.16. The Kier molecular flexibility index (Phi) is 2.92. The third kappa shape index (κ3) is 2.53. The molecular weight excluding hydrogens is 138 g/mol. The molecule has 1 fully saturated rings. The van der Waals surface area contributed by atoms with Crippen LogP contribution in [0.25, 0.3) is 0 Å². The standard InChI is InChI=1S/C9H15NO/c1-3-4-5-6-11-9(2)7-10-8-9/h1,10H,4-8H2,2H3. The summed E-state index contributed by atoms with van der Waals surface area (Å²) in [4.78, 5) is 0. The quantitative estimate of drug-likeness (QED) is 0.476. The summed E-state index contributed by atoms with van der Waals surface area (Å²) < 4.78 is 5.61. The number of hydrogen-bond donors (Lipinski definition) is 1. The lowest BCUT2D eigenvalue weighted by Gasteiger charge is -2.39. The molecule has 0 aromatic carbocycles. The predicted molar refractivity (Wildman–Crippen MR) is 45.3 cm³/mol. The molecule has 0 spiro atoms. The monoisotopic (exact) mass is 153 g/mol. The predicted octanol–water partition coefficient (Wildman–Crippen LogP) is 0.778. The minimum absolute atomic E-state index is 0.0919. The Labute approximate surface area is 68.3 Å². The van der Waals surface area contributed by atoms with Gasteiger partial charge in [-0.05, 0) is 13.3 Å². The Bertz CT molecular complexity index is 155. The highest BCUT2D eigenvalue weighted by Crippen LogP contribution is 2.15. The van der Waals surface area contributed by atoms with Crippen molar-refractivity contribution in [2.75, 3.05) is 19.7 Å². The van der Waals surface area contributed by atoms with Crippen LogP contribution in [-0.4, -0.2) is 25.3 Å². The van der Waals surface area contributed by atoms with Crippen molar-refractivity contribution in [1.29, 1.82) is 0 Å². The molecule has 1 N–H and O–H groups in total. The van der Waals surface area contributed by atoms with Crippen molar-refractivity contribution in [3.8, 4) is 12.3 Å². The third-order valence-electron chi connectivity index (χ3n) is 1.91. The summed E-state index contributed by atoms with van der Waals surface area (Å²) >= 11 is 0. The van der Waals surface area contributed by atoms with Crippen molar-refractivity contribution in [3.05, 3.63) is 0 Å². The van der Waals surface area contributed by atoms with E-state index in [4.69, 9.17) is 11.2 Å². The molecule has 0 bridgehead atoms. The largest absolute Gasteiger partial charge is 0.373 e. The highest BCUT2D eigenvalue weighted by Gasteiger charge is 2.31. The number of unbranched alkanes of at least 4 members (excludes halogenated alkanes) is 1. The summed E-state index contributed by atoms with van der Waals surface area (Å²) in [6, 6.07) is 0. The summed E-state index contributed by atoms with van der Waals surface area (Å²) in [5, 5.41) is 3.18. The molecule has 0 aromatic rings. The first kappa shape index (κ1) is 8.58. The molecule has 1 rings (SSSR count). The van der Waals surface area contributed by atoms with Crippen LogP contribution in [0.5, 0.6) is 0 Å². The molecule has 2 heteroatoms. The maximum Gasteiger partial charge on any atom is 0.0901 e. The molecule has 1 heterocycles. The second kappa shape index (κ2) is 3.75. The van der Waals surface area contributed by atoms with Crippen LogP contribution in [0.2, 0.25) is 0 Å². The lowest BCUT2D eigenvalue weighted by Crippen LogP contribution is -2.59. The normalized spacial score (nSPS) is 20.4. The van der Waals surface area contributed by atoms with Gasteiger partial charge in [0.15, 0.2) is 0 Å². The average Bonchev–Trinajstić information content (AvgIpc) is 1.95. The summed E-state index contributed by atoms with van der Waals surface area (Å²) in [7, 11) is 0. The summed E-state index contributed by atoms with van der Waals surface area (Å²) in [6.45, 7) is 4.87. The Morgan fingerprint density at radius 3 is 2.82 bits per heavy atom. The molecule has 1 saturated heterocycles. The molecule has 0 aromatic heterocycles. The number of nitrogens with one attached hydrogen (secondary N) is 1. The SMILES string of the molecule is C#CCCCOC1(C)CNC1. The lowest BCUT2D eigenvalue weighted by atomic mass is 10.0. The lowest BCUT2D eigenvalue weighted by molar-refractivity contribution is -0.0669. The van der Waals surface area contributed by atoms with Crippen LogP contribution < -0.4 is 5.32 Å². The first-order valence-corrected chi connectivity index (χ1v) is 4.05. The fraction of sp³-hybridized carbons (Fsp3) is 0.778. The molecule has 0 amide bonds. The Morgan fingerprint density at radius 1 is 1.64 bits per heavy atom.